The maximum atomic E-state index is 12.5. The van der Waals surface area contributed by atoms with Crippen LogP contribution in [0.2, 0.25) is 0 Å². The zero-order chi connectivity index (χ0) is 17.6. The van der Waals surface area contributed by atoms with Crippen LogP contribution in [0.15, 0.2) is 60.0 Å². The summed E-state index contributed by atoms with van der Waals surface area (Å²) in [5, 5.41) is 7.68. The van der Waals surface area contributed by atoms with E-state index < -0.39 is 0 Å². The topological polar surface area (TPSA) is 33.5 Å². The smallest absolute Gasteiger partial charge is 0.275 e. The van der Waals surface area contributed by atoms with Gasteiger partial charge in [-0.1, -0.05) is 48.5 Å². The monoisotopic (exact) mass is 353 g/mol. The lowest BCUT2D eigenvalue weighted by Crippen LogP contribution is -3.11. The van der Waals surface area contributed by atoms with Crippen LogP contribution < -0.4 is 10.2 Å². The Balaban J connectivity index is 1.65. The van der Waals surface area contributed by atoms with Crippen LogP contribution in [0, 0.1) is 0 Å². The zero-order valence-corrected chi connectivity index (χ0v) is 15.6. The highest BCUT2D eigenvalue weighted by Gasteiger charge is 2.17. The predicted molar refractivity (Wildman–Crippen MR) is 105 cm³/mol. The summed E-state index contributed by atoms with van der Waals surface area (Å²) in [6.45, 7) is 6.54. The summed E-state index contributed by atoms with van der Waals surface area (Å²) in [7, 11) is 0. The fourth-order valence-electron chi connectivity index (χ4n) is 3.20. The highest BCUT2D eigenvalue weighted by Crippen LogP contribution is 2.23. The van der Waals surface area contributed by atoms with Crippen LogP contribution in [-0.4, -0.2) is 19.0 Å². The van der Waals surface area contributed by atoms with Gasteiger partial charge in [0, 0.05) is 0 Å². The molecule has 3 rings (SSSR count). The number of nitrogens with one attached hydrogen (secondary N) is 2. The summed E-state index contributed by atoms with van der Waals surface area (Å²) < 4.78 is 0. The molecule has 1 aromatic heterocycles. The second kappa shape index (κ2) is 8.28. The van der Waals surface area contributed by atoms with E-state index >= 15 is 0 Å². The van der Waals surface area contributed by atoms with Crippen molar-refractivity contribution in [3.63, 3.8) is 0 Å². The number of amides is 1. The average molecular weight is 354 g/mol. The Hall–Kier alpha value is -2.17. The van der Waals surface area contributed by atoms with E-state index in [1.807, 2.05) is 12.1 Å². The van der Waals surface area contributed by atoms with Crippen molar-refractivity contribution in [1.82, 2.24) is 5.32 Å². The first-order valence-electron chi connectivity index (χ1n) is 8.80. The molecule has 3 aromatic rings. The van der Waals surface area contributed by atoms with Crippen LogP contribution in [0.4, 0.5) is 0 Å². The number of rotatable bonds is 7. The molecule has 0 bridgehead atoms. The van der Waals surface area contributed by atoms with Crippen LogP contribution in [0.1, 0.15) is 30.3 Å². The maximum Gasteiger partial charge on any atom is 0.275 e. The summed E-state index contributed by atoms with van der Waals surface area (Å²) in [5.74, 6) is 0.105. The summed E-state index contributed by atoms with van der Waals surface area (Å²) in [4.78, 5) is 15.1. The summed E-state index contributed by atoms with van der Waals surface area (Å²) >= 11 is 1.75. The van der Waals surface area contributed by atoms with E-state index in [0.29, 0.717) is 6.54 Å². The number of hydrogen-bond donors (Lipinski definition) is 2. The van der Waals surface area contributed by atoms with Crippen molar-refractivity contribution in [2.75, 3.05) is 13.1 Å². The van der Waals surface area contributed by atoms with Crippen molar-refractivity contribution < 1.29 is 9.69 Å². The highest BCUT2D eigenvalue weighted by atomic mass is 32.1. The Morgan fingerprint density at radius 2 is 1.92 bits per heavy atom. The van der Waals surface area contributed by atoms with E-state index in [9.17, 15) is 4.79 Å². The lowest BCUT2D eigenvalue weighted by Gasteiger charge is -2.20. The quantitative estimate of drug-likeness (QED) is 0.672. The molecule has 130 valence electrons. The molecule has 0 radical (unpaired) electrons. The van der Waals surface area contributed by atoms with Crippen molar-refractivity contribution in [2.45, 2.75) is 26.4 Å². The fraction of sp³-hybridized carbons (Fsp3) is 0.286. The van der Waals surface area contributed by atoms with Gasteiger partial charge < -0.3 is 10.2 Å². The Kier molecular flexibility index (Phi) is 5.84. The van der Waals surface area contributed by atoms with Gasteiger partial charge in [0.25, 0.3) is 5.91 Å². The molecule has 0 saturated carbocycles. The van der Waals surface area contributed by atoms with E-state index in [1.54, 1.807) is 11.3 Å². The average Bonchev–Trinajstić information content (AvgIpc) is 3.13. The van der Waals surface area contributed by atoms with Gasteiger partial charge in [0.1, 0.15) is 6.54 Å². The van der Waals surface area contributed by atoms with Crippen molar-refractivity contribution in [2.24, 2.45) is 0 Å². The minimum Gasteiger partial charge on any atom is -0.345 e. The lowest BCUT2D eigenvalue weighted by atomic mass is 10.00. The molecule has 0 aliphatic heterocycles. The number of carbonyl (C=O) groups is 1. The molecule has 25 heavy (non-hydrogen) atoms. The van der Waals surface area contributed by atoms with Gasteiger partial charge in [0.15, 0.2) is 6.54 Å². The normalized spacial score (nSPS) is 13.5. The Labute approximate surface area is 153 Å². The van der Waals surface area contributed by atoms with Crippen LogP contribution >= 0.6 is 11.3 Å². The molecule has 1 heterocycles. The van der Waals surface area contributed by atoms with Gasteiger partial charge in [-0.2, -0.15) is 0 Å². The van der Waals surface area contributed by atoms with Crippen LogP contribution in [-0.2, 0) is 11.3 Å². The molecule has 0 saturated heterocycles. The molecule has 0 fully saturated rings. The molecule has 0 aliphatic rings. The summed E-state index contributed by atoms with van der Waals surface area (Å²) in [6, 6.07) is 18.8. The van der Waals surface area contributed by atoms with Crippen molar-refractivity contribution in [3.8, 4) is 0 Å². The van der Waals surface area contributed by atoms with E-state index in [-0.39, 0.29) is 11.9 Å². The minimum absolute atomic E-state index is 0.00144. The van der Waals surface area contributed by atoms with Gasteiger partial charge in [-0.3, -0.25) is 4.79 Å². The summed E-state index contributed by atoms with van der Waals surface area (Å²) in [5.41, 5.74) is 1.17. The van der Waals surface area contributed by atoms with Gasteiger partial charge in [-0.25, -0.2) is 0 Å². The zero-order valence-electron chi connectivity index (χ0n) is 14.8. The number of carbonyl (C=O) groups excluding carboxylic acids is 1. The molecule has 1 unspecified atom stereocenters. The molecule has 0 aliphatic carbocycles. The van der Waals surface area contributed by atoms with Gasteiger partial charge in [0.05, 0.1) is 17.5 Å². The highest BCUT2D eigenvalue weighted by molar-refractivity contribution is 7.09. The van der Waals surface area contributed by atoms with Crippen LogP contribution in [0.5, 0.6) is 0 Å². The van der Waals surface area contributed by atoms with Crippen LogP contribution in [0.3, 0.4) is 0 Å². The van der Waals surface area contributed by atoms with Crippen LogP contribution in [0.25, 0.3) is 10.8 Å². The number of likely N-dealkylation sites (N-methyl/N-ethyl adjacent to an activating group) is 1. The van der Waals surface area contributed by atoms with Crippen molar-refractivity contribution in [1.29, 1.82) is 0 Å². The third kappa shape index (κ3) is 4.47. The Bertz CT molecular complexity index is 824. The summed E-state index contributed by atoms with van der Waals surface area (Å²) in [6.07, 6.45) is 0. The van der Waals surface area contributed by atoms with Gasteiger partial charge >= 0.3 is 0 Å². The second-order valence-corrected chi connectivity index (χ2v) is 7.43. The second-order valence-electron chi connectivity index (χ2n) is 6.39. The van der Waals surface area contributed by atoms with E-state index in [0.717, 1.165) is 13.1 Å². The number of thiophene rings is 1. The standard InChI is InChI=1S/C21H24N2OS/c1-3-23(14-18-10-7-13-25-18)15-21(24)22-16(2)19-12-6-9-17-8-4-5-11-20(17)19/h4-13,16H,3,14-15H2,1-2H3,(H,22,24)/p+1/t16-/m1/s1. The maximum absolute atomic E-state index is 12.5. The van der Waals surface area contributed by atoms with Crippen molar-refractivity contribution >= 4 is 28.0 Å². The molecule has 4 heteroatoms. The van der Waals surface area contributed by atoms with E-state index in [4.69, 9.17) is 0 Å². The molecule has 2 atom stereocenters. The first-order valence-corrected chi connectivity index (χ1v) is 9.68. The Morgan fingerprint density at radius 1 is 1.12 bits per heavy atom. The minimum atomic E-state index is -0.00144. The molecule has 2 N–H and O–H groups in total. The molecule has 2 aromatic carbocycles. The number of benzene rings is 2. The predicted octanol–water partition coefficient (Wildman–Crippen LogP) is 3.18. The third-order valence-corrected chi connectivity index (χ3v) is 5.46. The van der Waals surface area contributed by atoms with Crippen molar-refractivity contribution in [3.05, 3.63) is 70.4 Å². The number of fused-ring (bicyclic) bond motifs is 1. The van der Waals surface area contributed by atoms with E-state index in [1.165, 1.54) is 26.1 Å². The first-order chi connectivity index (χ1) is 12.2. The largest absolute Gasteiger partial charge is 0.345 e. The molecular formula is C21H25N2OS+. The van der Waals surface area contributed by atoms with Gasteiger partial charge in [-0.15, -0.1) is 11.3 Å². The molecule has 3 nitrogen and oxygen atoms in total. The number of hydrogen-bond acceptors (Lipinski definition) is 2. The molecule has 0 spiro atoms. The SMILES string of the molecule is CC[NH+](CC(=O)N[C@H](C)c1cccc2ccccc12)Cc1cccs1. The van der Waals surface area contributed by atoms with E-state index in [2.05, 4.69) is 67.0 Å². The molecule has 1 amide bonds. The van der Waals surface area contributed by atoms with Gasteiger partial charge in [0.2, 0.25) is 0 Å². The number of quaternary nitrogens is 1. The molecular weight excluding hydrogens is 328 g/mol. The Morgan fingerprint density at radius 3 is 2.68 bits per heavy atom. The van der Waals surface area contributed by atoms with Gasteiger partial charge in [-0.05, 0) is 41.6 Å². The third-order valence-electron chi connectivity index (χ3n) is 4.58. The lowest BCUT2D eigenvalue weighted by molar-refractivity contribution is -0.903. The first kappa shape index (κ1) is 17.6. The fourth-order valence-corrected chi connectivity index (χ4v) is 3.97.